The zero-order chi connectivity index (χ0) is 13.0. The van der Waals surface area contributed by atoms with Gasteiger partial charge in [-0.3, -0.25) is 0 Å². The van der Waals surface area contributed by atoms with Crippen molar-refractivity contribution in [2.75, 3.05) is 0 Å². The van der Waals surface area contributed by atoms with Crippen LogP contribution in [0.3, 0.4) is 0 Å². The fraction of sp³-hybridized carbons (Fsp3) is 0. The maximum Gasteiger partial charge on any atom is 0.220 e. The number of rotatable bonds is 2. The van der Waals surface area contributed by atoms with Crippen molar-refractivity contribution >= 4 is 11.6 Å². The molecule has 86 valence electrons. The van der Waals surface area contributed by atoms with Gasteiger partial charge in [0.2, 0.25) is 5.88 Å². The lowest BCUT2D eigenvalue weighted by Gasteiger charge is -2.07. The van der Waals surface area contributed by atoms with Crippen LogP contribution in [0.4, 0.5) is 0 Å². The van der Waals surface area contributed by atoms with Gasteiger partial charge in [0.25, 0.3) is 0 Å². The molecule has 0 spiro atoms. The number of halogens is 1. The first-order valence-corrected chi connectivity index (χ1v) is 5.36. The summed E-state index contributed by atoms with van der Waals surface area (Å²) in [6.07, 6.45) is 0. The summed E-state index contributed by atoms with van der Waals surface area (Å²) in [5.74, 6) is 0.556. The molecule has 0 N–H and O–H groups in total. The maximum atomic E-state index is 8.99. The summed E-state index contributed by atoms with van der Waals surface area (Å²) >= 11 is 5.88. The van der Waals surface area contributed by atoms with Crippen molar-refractivity contribution in [3.63, 3.8) is 0 Å². The second-order valence-corrected chi connectivity index (χ2v) is 3.71. The molecule has 0 aliphatic rings. The van der Waals surface area contributed by atoms with Crippen molar-refractivity contribution < 1.29 is 4.74 Å². The molecule has 0 aliphatic heterocycles. The van der Waals surface area contributed by atoms with Crippen LogP contribution in [0.15, 0.2) is 36.4 Å². The van der Waals surface area contributed by atoms with Gasteiger partial charge < -0.3 is 4.74 Å². The van der Waals surface area contributed by atoms with E-state index >= 15 is 0 Å². The third-order valence-electron chi connectivity index (χ3n) is 2.14. The minimum absolute atomic E-state index is 0.239. The molecule has 0 saturated carbocycles. The third-order valence-corrected chi connectivity index (χ3v) is 2.45. The SMILES string of the molecule is N#Cc1cccc(Oc2cccc(Cl)c2C#N)n1. The fourth-order valence-electron chi connectivity index (χ4n) is 1.34. The molecular weight excluding hydrogens is 250 g/mol. The summed E-state index contributed by atoms with van der Waals surface area (Å²) < 4.78 is 5.45. The van der Waals surface area contributed by atoms with Gasteiger partial charge in [0.15, 0.2) is 0 Å². The summed E-state index contributed by atoms with van der Waals surface area (Å²) in [6, 6.07) is 13.6. The quantitative estimate of drug-likeness (QED) is 0.826. The number of benzene rings is 1. The second-order valence-electron chi connectivity index (χ2n) is 3.30. The van der Waals surface area contributed by atoms with Crippen LogP contribution >= 0.6 is 11.6 Å². The van der Waals surface area contributed by atoms with Crippen LogP contribution in [0, 0.1) is 22.7 Å². The van der Waals surface area contributed by atoms with Crippen LogP contribution < -0.4 is 4.74 Å². The van der Waals surface area contributed by atoms with E-state index < -0.39 is 0 Å². The summed E-state index contributed by atoms with van der Waals surface area (Å²) in [4.78, 5) is 3.96. The van der Waals surface area contributed by atoms with E-state index in [9.17, 15) is 0 Å². The molecule has 0 aliphatic carbocycles. The monoisotopic (exact) mass is 255 g/mol. The summed E-state index contributed by atoms with van der Waals surface area (Å²) in [7, 11) is 0. The van der Waals surface area contributed by atoms with E-state index in [2.05, 4.69) is 4.98 Å². The molecule has 18 heavy (non-hydrogen) atoms. The number of hydrogen-bond donors (Lipinski definition) is 0. The molecule has 1 heterocycles. The topological polar surface area (TPSA) is 69.7 Å². The van der Waals surface area contributed by atoms with Crippen LogP contribution in [0.1, 0.15) is 11.3 Å². The van der Waals surface area contributed by atoms with Gasteiger partial charge in [-0.05, 0) is 18.2 Å². The summed E-state index contributed by atoms with van der Waals surface area (Å²) in [6.45, 7) is 0. The minimum atomic E-state index is 0.239. The molecule has 5 heteroatoms. The molecule has 0 atom stereocenters. The summed E-state index contributed by atoms with van der Waals surface area (Å²) in [5, 5.41) is 18.0. The van der Waals surface area contributed by atoms with Crippen LogP contribution in [0.2, 0.25) is 5.02 Å². The van der Waals surface area contributed by atoms with Crippen molar-refractivity contribution in [1.29, 1.82) is 10.5 Å². The highest BCUT2D eigenvalue weighted by Crippen LogP contribution is 2.28. The number of aromatic nitrogens is 1. The molecular formula is C13H6ClN3O. The van der Waals surface area contributed by atoms with Gasteiger partial charge in [-0.2, -0.15) is 10.5 Å². The normalized spacial score (nSPS) is 9.28. The van der Waals surface area contributed by atoms with Crippen molar-refractivity contribution in [3.05, 3.63) is 52.7 Å². The van der Waals surface area contributed by atoms with Crippen molar-refractivity contribution in [2.24, 2.45) is 0 Å². The van der Waals surface area contributed by atoms with Gasteiger partial charge in [0, 0.05) is 6.07 Å². The van der Waals surface area contributed by atoms with Crippen LogP contribution in [-0.2, 0) is 0 Å². The lowest BCUT2D eigenvalue weighted by Crippen LogP contribution is -1.92. The fourth-order valence-corrected chi connectivity index (χ4v) is 1.55. The molecule has 0 fully saturated rings. The average Bonchev–Trinajstić information content (AvgIpc) is 2.39. The maximum absolute atomic E-state index is 8.99. The van der Waals surface area contributed by atoms with E-state index in [1.807, 2.05) is 12.1 Å². The molecule has 0 unspecified atom stereocenters. The second kappa shape index (κ2) is 5.18. The van der Waals surface area contributed by atoms with Gasteiger partial charge >= 0.3 is 0 Å². The number of nitriles is 2. The molecule has 0 saturated heterocycles. The Hall–Kier alpha value is -2.56. The molecule has 2 rings (SSSR count). The van der Waals surface area contributed by atoms with Crippen molar-refractivity contribution in [1.82, 2.24) is 4.98 Å². The Morgan fingerprint density at radius 1 is 1.06 bits per heavy atom. The summed E-state index contributed by atoms with van der Waals surface area (Å²) in [5.41, 5.74) is 0.483. The Morgan fingerprint density at radius 3 is 2.56 bits per heavy atom. The number of nitrogens with zero attached hydrogens (tertiary/aromatic N) is 3. The van der Waals surface area contributed by atoms with Crippen molar-refractivity contribution in [3.8, 4) is 23.8 Å². The molecule has 0 radical (unpaired) electrons. The zero-order valence-corrected chi connectivity index (χ0v) is 9.85. The van der Waals surface area contributed by atoms with Crippen LogP contribution in [-0.4, -0.2) is 4.98 Å². The Bertz CT molecular complexity index is 671. The lowest BCUT2D eigenvalue weighted by atomic mass is 10.2. The van der Waals surface area contributed by atoms with Gasteiger partial charge in [-0.1, -0.05) is 23.7 Å². The first-order valence-electron chi connectivity index (χ1n) is 4.98. The van der Waals surface area contributed by atoms with Crippen LogP contribution in [0.5, 0.6) is 11.6 Å². The molecule has 0 amide bonds. The smallest absolute Gasteiger partial charge is 0.220 e. The Labute approximate surface area is 109 Å². The van der Waals surface area contributed by atoms with E-state index in [4.69, 9.17) is 26.9 Å². The minimum Gasteiger partial charge on any atom is -0.438 e. The van der Waals surface area contributed by atoms with Gasteiger partial charge in [0.1, 0.15) is 29.1 Å². The molecule has 0 bridgehead atoms. The number of pyridine rings is 1. The van der Waals surface area contributed by atoms with E-state index in [0.717, 1.165) is 0 Å². The number of hydrogen-bond acceptors (Lipinski definition) is 4. The molecule has 2 aromatic rings. The van der Waals surface area contributed by atoms with Gasteiger partial charge in [0.05, 0.1) is 5.02 Å². The van der Waals surface area contributed by atoms with E-state index in [-0.39, 0.29) is 17.1 Å². The first kappa shape index (κ1) is 11.9. The van der Waals surface area contributed by atoms with Gasteiger partial charge in [-0.15, -0.1) is 0 Å². The zero-order valence-electron chi connectivity index (χ0n) is 9.09. The average molecular weight is 256 g/mol. The van der Waals surface area contributed by atoms with Crippen LogP contribution in [0.25, 0.3) is 0 Å². The highest BCUT2D eigenvalue weighted by Gasteiger charge is 2.09. The first-order chi connectivity index (χ1) is 8.74. The molecule has 4 nitrogen and oxygen atoms in total. The van der Waals surface area contributed by atoms with E-state index in [1.54, 1.807) is 36.4 Å². The molecule has 1 aromatic carbocycles. The Kier molecular flexibility index (Phi) is 3.43. The Morgan fingerprint density at radius 2 is 1.83 bits per heavy atom. The number of ether oxygens (including phenoxy) is 1. The Balaban J connectivity index is 2.38. The predicted molar refractivity (Wildman–Crippen MR) is 65.2 cm³/mol. The highest BCUT2D eigenvalue weighted by atomic mass is 35.5. The predicted octanol–water partition coefficient (Wildman–Crippen LogP) is 3.27. The van der Waals surface area contributed by atoms with Gasteiger partial charge in [-0.25, -0.2) is 4.98 Å². The van der Waals surface area contributed by atoms with Crippen molar-refractivity contribution in [2.45, 2.75) is 0 Å². The highest BCUT2D eigenvalue weighted by molar-refractivity contribution is 6.31. The lowest BCUT2D eigenvalue weighted by molar-refractivity contribution is 0.461. The van der Waals surface area contributed by atoms with E-state index in [1.165, 1.54) is 0 Å². The standard InChI is InChI=1S/C13H6ClN3O/c14-11-4-2-5-12(10(11)8-16)18-13-6-1-3-9(7-15)17-13/h1-6H. The molecule has 1 aromatic heterocycles. The largest absolute Gasteiger partial charge is 0.438 e. The van der Waals surface area contributed by atoms with E-state index in [0.29, 0.717) is 10.8 Å². The third kappa shape index (κ3) is 2.40.